The molecule has 0 aliphatic carbocycles. The Labute approximate surface area is 129 Å². The fourth-order valence-corrected chi connectivity index (χ4v) is 2.26. The van der Waals surface area contributed by atoms with Gasteiger partial charge in [0.25, 0.3) is 5.91 Å². The lowest BCUT2D eigenvalue weighted by molar-refractivity contribution is 0.0928. The third kappa shape index (κ3) is 4.60. The van der Waals surface area contributed by atoms with Crippen LogP contribution in [0.1, 0.15) is 48.8 Å². The number of nitrogens with one attached hydrogen (secondary N) is 2. The van der Waals surface area contributed by atoms with Gasteiger partial charge < -0.3 is 5.32 Å². The summed E-state index contributed by atoms with van der Waals surface area (Å²) in [5.74, 6) is 0.445. The Balaban J connectivity index is 2.11. The van der Waals surface area contributed by atoms with E-state index in [-0.39, 0.29) is 11.9 Å². The first-order chi connectivity index (χ1) is 10.1. The fourth-order valence-electron chi connectivity index (χ4n) is 2.14. The van der Waals surface area contributed by atoms with E-state index in [0.29, 0.717) is 16.6 Å². The van der Waals surface area contributed by atoms with Gasteiger partial charge in [-0.3, -0.25) is 9.89 Å². The van der Waals surface area contributed by atoms with Crippen LogP contribution in [0.15, 0.2) is 36.5 Å². The van der Waals surface area contributed by atoms with E-state index < -0.39 is 0 Å². The van der Waals surface area contributed by atoms with Gasteiger partial charge in [-0.1, -0.05) is 37.6 Å². The molecule has 112 valence electrons. The molecule has 0 radical (unpaired) electrons. The Morgan fingerprint density at radius 1 is 1.24 bits per heavy atom. The highest BCUT2D eigenvalue weighted by Gasteiger charge is 2.17. The summed E-state index contributed by atoms with van der Waals surface area (Å²) in [6, 6.07) is 9.25. The number of hydrogen-bond acceptors (Lipinski definition) is 2. The molecule has 1 unspecified atom stereocenters. The number of hydrogen-bond donors (Lipinski definition) is 2. The number of aromatic amines is 1. The highest BCUT2D eigenvalue weighted by atomic mass is 35.5. The van der Waals surface area contributed by atoms with E-state index in [4.69, 9.17) is 11.6 Å². The first kappa shape index (κ1) is 15.6. The predicted molar refractivity (Wildman–Crippen MR) is 84.3 cm³/mol. The Hall–Kier alpha value is -1.81. The molecule has 1 atom stereocenters. The first-order valence-electron chi connectivity index (χ1n) is 7.12. The summed E-state index contributed by atoms with van der Waals surface area (Å²) in [7, 11) is 0. The quantitative estimate of drug-likeness (QED) is 0.848. The minimum absolute atomic E-state index is 0.0273. The number of carbonyl (C=O) groups excluding carboxylic acids is 1. The molecule has 2 rings (SSSR count). The highest BCUT2D eigenvalue weighted by Crippen LogP contribution is 2.23. The average Bonchev–Trinajstić information content (AvgIpc) is 2.98. The molecular formula is C16H20ClN3O. The minimum Gasteiger partial charge on any atom is -0.344 e. The summed E-state index contributed by atoms with van der Waals surface area (Å²) in [6.07, 6.45) is 3.50. The van der Waals surface area contributed by atoms with Gasteiger partial charge >= 0.3 is 0 Å². The number of benzene rings is 1. The van der Waals surface area contributed by atoms with Crippen LogP contribution < -0.4 is 5.32 Å². The largest absolute Gasteiger partial charge is 0.344 e. The molecule has 1 aromatic carbocycles. The summed E-state index contributed by atoms with van der Waals surface area (Å²) >= 11 is 5.93. The van der Waals surface area contributed by atoms with E-state index in [0.717, 1.165) is 18.4 Å². The van der Waals surface area contributed by atoms with E-state index in [1.807, 2.05) is 24.3 Å². The van der Waals surface area contributed by atoms with Crippen LogP contribution in [0, 0.1) is 5.92 Å². The number of amides is 1. The zero-order valence-corrected chi connectivity index (χ0v) is 13.0. The monoisotopic (exact) mass is 305 g/mol. The van der Waals surface area contributed by atoms with Crippen LogP contribution in [-0.4, -0.2) is 16.1 Å². The summed E-state index contributed by atoms with van der Waals surface area (Å²) in [6.45, 7) is 4.35. The third-order valence-electron chi connectivity index (χ3n) is 3.36. The fraction of sp³-hybridized carbons (Fsp3) is 0.375. The molecule has 0 saturated heterocycles. The molecule has 0 spiro atoms. The van der Waals surface area contributed by atoms with Crippen molar-refractivity contribution in [1.82, 2.24) is 15.5 Å². The number of rotatable bonds is 6. The van der Waals surface area contributed by atoms with Gasteiger partial charge in [0.1, 0.15) is 5.69 Å². The molecule has 4 nitrogen and oxygen atoms in total. The summed E-state index contributed by atoms with van der Waals surface area (Å²) in [4.78, 5) is 12.2. The van der Waals surface area contributed by atoms with Gasteiger partial charge in [0.05, 0.1) is 6.04 Å². The second kappa shape index (κ2) is 7.27. The van der Waals surface area contributed by atoms with E-state index in [2.05, 4.69) is 29.4 Å². The normalized spacial score (nSPS) is 12.4. The molecule has 0 fully saturated rings. The third-order valence-corrected chi connectivity index (χ3v) is 3.61. The Kier molecular flexibility index (Phi) is 5.39. The van der Waals surface area contributed by atoms with E-state index in [1.54, 1.807) is 12.3 Å². The van der Waals surface area contributed by atoms with Crippen molar-refractivity contribution in [3.63, 3.8) is 0 Å². The van der Waals surface area contributed by atoms with Gasteiger partial charge in [-0.25, -0.2) is 0 Å². The topological polar surface area (TPSA) is 57.8 Å². The summed E-state index contributed by atoms with van der Waals surface area (Å²) < 4.78 is 0. The van der Waals surface area contributed by atoms with Crippen molar-refractivity contribution < 1.29 is 4.79 Å². The van der Waals surface area contributed by atoms with Crippen molar-refractivity contribution >= 4 is 17.5 Å². The summed E-state index contributed by atoms with van der Waals surface area (Å²) in [5.41, 5.74) is 1.53. The van der Waals surface area contributed by atoms with Crippen LogP contribution in [0.5, 0.6) is 0 Å². The van der Waals surface area contributed by atoms with Crippen LogP contribution in [0.2, 0.25) is 5.02 Å². The van der Waals surface area contributed by atoms with Crippen molar-refractivity contribution in [2.45, 2.75) is 32.7 Å². The number of carbonyl (C=O) groups is 1. The highest BCUT2D eigenvalue weighted by molar-refractivity contribution is 6.30. The molecule has 2 aromatic rings. The Bertz CT molecular complexity index is 564. The molecule has 2 N–H and O–H groups in total. The molecule has 0 bridgehead atoms. The molecular weight excluding hydrogens is 286 g/mol. The maximum atomic E-state index is 12.2. The van der Waals surface area contributed by atoms with Gasteiger partial charge in [0.2, 0.25) is 0 Å². The predicted octanol–water partition coefficient (Wildman–Crippen LogP) is 3.97. The van der Waals surface area contributed by atoms with Crippen LogP contribution in [-0.2, 0) is 0 Å². The van der Waals surface area contributed by atoms with Gasteiger partial charge in [0, 0.05) is 11.2 Å². The Morgan fingerprint density at radius 2 is 1.95 bits per heavy atom. The average molecular weight is 306 g/mol. The van der Waals surface area contributed by atoms with Crippen molar-refractivity contribution in [1.29, 1.82) is 0 Å². The van der Waals surface area contributed by atoms with Crippen LogP contribution in [0.25, 0.3) is 0 Å². The lowest BCUT2D eigenvalue weighted by Gasteiger charge is -2.20. The smallest absolute Gasteiger partial charge is 0.269 e. The lowest BCUT2D eigenvalue weighted by Crippen LogP contribution is -2.29. The van der Waals surface area contributed by atoms with Crippen molar-refractivity contribution in [2.24, 2.45) is 5.92 Å². The molecule has 1 aromatic heterocycles. The van der Waals surface area contributed by atoms with E-state index >= 15 is 0 Å². The van der Waals surface area contributed by atoms with Crippen LogP contribution in [0.3, 0.4) is 0 Å². The van der Waals surface area contributed by atoms with Gasteiger partial charge in [-0.05, 0) is 42.5 Å². The summed E-state index contributed by atoms with van der Waals surface area (Å²) in [5, 5.41) is 10.2. The number of H-pyrrole nitrogens is 1. The first-order valence-corrected chi connectivity index (χ1v) is 7.49. The molecule has 21 heavy (non-hydrogen) atoms. The number of halogens is 1. The molecule has 0 aliphatic heterocycles. The second-order valence-corrected chi connectivity index (χ2v) is 5.96. The molecule has 5 heteroatoms. The number of nitrogens with zero attached hydrogens (tertiary/aromatic N) is 1. The molecule has 0 saturated carbocycles. The van der Waals surface area contributed by atoms with Crippen molar-refractivity contribution in [3.05, 3.63) is 52.8 Å². The minimum atomic E-state index is -0.142. The zero-order chi connectivity index (χ0) is 15.2. The lowest BCUT2D eigenvalue weighted by atomic mass is 9.97. The number of aromatic nitrogens is 2. The maximum absolute atomic E-state index is 12.2. The molecule has 1 amide bonds. The SMILES string of the molecule is CC(C)CCC(NC(=O)c1ccn[nH]1)c1ccc(Cl)cc1. The van der Waals surface area contributed by atoms with Crippen molar-refractivity contribution in [2.75, 3.05) is 0 Å². The van der Waals surface area contributed by atoms with E-state index in [9.17, 15) is 4.79 Å². The zero-order valence-electron chi connectivity index (χ0n) is 12.3. The standard InChI is InChI=1S/C16H20ClN3O/c1-11(2)3-8-14(12-4-6-13(17)7-5-12)19-16(21)15-9-10-18-20-15/h4-7,9-11,14H,3,8H2,1-2H3,(H,18,20)(H,19,21). The van der Waals surface area contributed by atoms with Gasteiger partial charge in [-0.2, -0.15) is 5.10 Å². The van der Waals surface area contributed by atoms with Crippen molar-refractivity contribution in [3.8, 4) is 0 Å². The Morgan fingerprint density at radius 3 is 2.52 bits per heavy atom. The molecule has 1 heterocycles. The van der Waals surface area contributed by atoms with Gasteiger partial charge in [0.15, 0.2) is 0 Å². The van der Waals surface area contributed by atoms with Crippen LogP contribution in [0.4, 0.5) is 0 Å². The van der Waals surface area contributed by atoms with Gasteiger partial charge in [-0.15, -0.1) is 0 Å². The van der Waals surface area contributed by atoms with E-state index in [1.165, 1.54) is 0 Å². The van der Waals surface area contributed by atoms with Crippen LogP contribution >= 0.6 is 11.6 Å². The maximum Gasteiger partial charge on any atom is 0.269 e. The molecule has 0 aliphatic rings. The second-order valence-electron chi connectivity index (χ2n) is 5.52.